The molecule has 2 saturated heterocycles. The van der Waals surface area contributed by atoms with Crippen molar-refractivity contribution in [3.63, 3.8) is 0 Å². The van der Waals surface area contributed by atoms with Gasteiger partial charge in [0.25, 0.3) is 0 Å². The lowest BCUT2D eigenvalue weighted by molar-refractivity contribution is -0.331. The average molecular weight is 232 g/mol. The van der Waals surface area contributed by atoms with E-state index >= 15 is 0 Å². The fourth-order valence-electron chi connectivity index (χ4n) is 2.58. The highest BCUT2D eigenvalue weighted by atomic mass is 16.7. The Kier molecular flexibility index (Phi) is 3.51. The van der Waals surface area contributed by atoms with Crippen LogP contribution in [0.25, 0.3) is 0 Å². The minimum atomic E-state index is -1.06. The van der Waals surface area contributed by atoms with Gasteiger partial charge in [-0.1, -0.05) is 0 Å². The number of aliphatic hydroxyl groups excluding tert-OH is 3. The number of hydrogen-bond donors (Lipinski definition) is 3. The Hall–Kier alpha value is -0.200. The molecule has 2 fully saturated rings. The third-order valence-electron chi connectivity index (χ3n) is 3.44. The SMILES string of the molecule is C[C@@H]1CC[C@]2(O[C@@H](CCO)C[C@@H](O)[C@@H]2O)O1. The summed E-state index contributed by atoms with van der Waals surface area (Å²) in [7, 11) is 0. The first kappa shape index (κ1) is 12.3. The van der Waals surface area contributed by atoms with E-state index in [1.807, 2.05) is 6.92 Å². The molecule has 0 amide bonds. The van der Waals surface area contributed by atoms with Gasteiger partial charge in [-0.25, -0.2) is 0 Å². The van der Waals surface area contributed by atoms with E-state index in [0.29, 0.717) is 19.3 Å². The molecule has 0 bridgehead atoms. The quantitative estimate of drug-likeness (QED) is 0.613. The zero-order valence-corrected chi connectivity index (χ0v) is 9.50. The van der Waals surface area contributed by atoms with Gasteiger partial charge >= 0.3 is 0 Å². The number of rotatable bonds is 2. The van der Waals surface area contributed by atoms with Crippen LogP contribution in [0.2, 0.25) is 0 Å². The molecule has 2 aliphatic rings. The monoisotopic (exact) mass is 232 g/mol. The Bertz CT molecular complexity index is 247. The second kappa shape index (κ2) is 4.58. The van der Waals surface area contributed by atoms with Crippen LogP contribution in [0.3, 0.4) is 0 Å². The average Bonchev–Trinajstić information content (AvgIpc) is 2.58. The van der Waals surface area contributed by atoms with Gasteiger partial charge in [0, 0.05) is 19.4 Å². The summed E-state index contributed by atoms with van der Waals surface area (Å²) >= 11 is 0. The molecule has 1 spiro atoms. The summed E-state index contributed by atoms with van der Waals surface area (Å²) in [6.45, 7) is 1.94. The maximum Gasteiger partial charge on any atom is 0.197 e. The molecule has 2 heterocycles. The Morgan fingerprint density at radius 2 is 2.06 bits per heavy atom. The first-order valence-corrected chi connectivity index (χ1v) is 5.90. The second-order valence-electron chi connectivity index (χ2n) is 4.78. The van der Waals surface area contributed by atoms with Gasteiger partial charge in [0.1, 0.15) is 6.10 Å². The minimum absolute atomic E-state index is 0.0130. The molecule has 94 valence electrons. The van der Waals surface area contributed by atoms with E-state index in [2.05, 4.69) is 0 Å². The summed E-state index contributed by atoms with van der Waals surface area (Å²) in [4.78, 5) is 0. The van der Waals surface area contributed by atoms with Crippen LogP contribution in [-0.4, -0.2) is 52.1 Å². The molecule has 5 atom stereocenters. The molecular weight excluding hydrogens is 212 g/mol. The molecule has 16 heavy (non-hydrogen) atoms. The molecule has 0 unspecified atom stereocenters. The molecule has 2 rings (SSSR count). The van der Waals surface area contributed by atoms with Crippen molar-refractivity contribution in [2.75, 3.05) is 6.61 Å². The molecule has 0 saturated carbocycles. The van der Waals surface area contributed by atoms with Crippen molar-refractivity contribution in [2.45, 2.75) is 62.8 Å². The van der Waals surface area contributed by atoms with Crippen LogP contribution in [0.1, 0.15) is 32.6 Å². The van der Waals surface area contributed by atoms with Crippen LogP contribution in [0.5, 0.6) is 0 Å². The Labute approximate surface area is 95.0 Å². The van der Waals surface area contributed by atoms with E-state index in [4.69, 9.17) is 14.6 Å². The maximum atomic E-state index is 9.97. The van der Waals surface area contributed by atoms with E-state index in [0.717, 1.165) is 6.42 Å². The highest BCUT2D eigenvalue weighted by molar-refractivity contribution is 4.95. The Morgan fingerprint density at radius 3 is 2.62 bits per heavy atom. The smallest absolute Gasteiger partial charge is 0.197 e. The minimum Gasteiger partial charge on any atom is -0.396 e. The fourth-order valence-corrected chi connectivity index (χ4v) is 2.58. The van der Waals surface area contributed by atoms with Gasteiger partial charge in [0.15, 0.2) is 5.79 Å². The largest absolute Gasteiger partial charge is 0.396 e. The molecule has 0 aliphatic carbocycles. The first-order valence-electron chi connectivity index (χ1n) is 5.90. The Morgan fingerprint density at radius 1 is 1.31 bits per heavy atom. The van der Waals surface area contributed by atoms with Crippen LogP contribution in [-0.2, 0) is 9.47 Å². The molecule has 0 aromatic carbocycles. The lowest BCUT2D eigenvalue weighted by Gasteiger charge is -2.44. The lowest BCUT2D eigenvalue weighted by Crippen LogP contribution is -2.58. The molecule has 5 nitrogen and oxygen atoms in total. The zero-order valence-electron chi connectivity index (χ0n) is 9.50. The van der Waals surface area contributed by atoms with Crippen LogP contribution < -0.4 is 0 Å². The topological polar surface area (TPSA) is 79.2 Å². The van der Waals surface area contributed by atoms with Gasteiger partial charge in [0.2, 0.25) is 0 Å². The van der Waals surface area contributed by atoms with Crippen LogP contribution >= 0.6 is 0 Å². The van der Waals surface area contributed by atoms with Gasteiger partial charge in [-0.3, -0.25) is 0 Å². The molecule has 0 aromatic rings. The van der Waals surface area contributed by atoms with Gasteiger partial charge in [-0.05, 0) is 19.8 Å². The molecular formula is C11H20O5. The van der Waals surface area contributed by atoms with Gasteiger partial charge in [-0.15, -0.1) is 0 Å². The molecule has 3 N–H and O–H groups in total. The van der Waals surface area contributed by atoms with Crippen LogP contribution in [0.4, 0.5) is 0 Å². The van der Waals surface area contributed by atoms with Crippen molar-refractivity contribution < 1.29 is 24.8 Å². The van der Waals surface area contributed by atoms with Crippen LogP contribution in [0.15, 0.2) is 0 Å². The summed E-state index contributed by atoms with van der Waals surface area (Å²) < 4.78 is 11.4. The lowest BCUT2D eigenvalue weighted by atomic mass is 9.92. The van der Waals surface area contributed by atoms with Crippen molar-refractivity contribution in [1.29, 1.82) is 0 Å². The molecule has 0 radical (unpaired) electrons. The van der Waals surface area contributed by atoms with E-state index in [9.17, 15) is 10.2 Å². The second-order valence-corrected chi connectivity index (χ2v) is 4.78. The number of aliphatic hydroxyl groups is 3. The summed E-state index contributed by atoms with van der Waals surface area (Å²) in [5.41, 5.74) is 0. The van der Waals surface area contributed by atoms with E-state index in [-0.39, 0.29) is 18.8 Å². The van der Waals surface area contributed by atoms with Crippen molar-refractivity contribution >= 4 is 0 Å². The zero-order chi connectivity index (χ0) is 11.8. The van der Waals surface area contributed by atoms with Crippen LogP contribution in [0, 0.1) is 0 Å². The predicted molar refractivity (Wildman–Crippen MR) is 55.7 cm³/mol. The van der Waals surface area contributed by atoms with E-state index < -0.39 is 18.0 Å². The summed E-state index contributed by atoms with van der Waals surface area (Å²) in [6.07, 6.45) is 0.181. The standard InChI is InChI=1S/C11H20O5/c1-7-2-4-11(15-7)10(14)9(13)6-8(16-11)3-5-12/h7-10,12-14H,2-6H2,1H3/t7-,8+,9-,10+,11-/m1/s1. The third kappa shape index (κ3) is 2.10. The molecule has 0 aromatic heterocycles. The molecule has 5 heteroatoms. The summed E-state index contributed by atoms with van der Waals surface area (Å²) in [5, 5.41) is 28.7. The maximum absolute atomic E-state index is 9.97. The summed E-state index contributed by atoms with van der Waals surface area (Å²) in [6, 6.07) is 0. The van der Waals surface area contributed by atoms with Gasteiger partial charge in [-0.2, -0.15) is 0 Å². The van der Waals surface area contributed by atoms with Crippen molar-refractivity contribution in [1.82, 2.24) is 0 Å². The third-order valence-corrected chi connectivity index (χ3v) is 3.44. The first-order chi connectivity index (χ1) is 7.57. The highest BCUT2D eigenvalue weighted by Crippen LogP contribution is 2.41. The van der Waals surface area contributed by atoms with Crippen molar-refractivity contribution in [2.24, 2.45) is 0 Å². The number of ether oxygens (including phenoxy) is 2. The normalized spacial score (nSPS) is 48.8. The van der Waals surface area contributed by atoms with Crippen molar-refractivity contribution in [3.8, 4) is 0 Å². The van der Waals surface area contributed by atoms with E-state index in [1.165, 1.54) is 0 Å². The van der Waals surface area contributed by atoms with Gasteiger partial charge < -0.3 is 24.8 Å². The summed E-state index contributed by atoms with van der Waals surface area (Å²) in [5.74, 6) is -1.06. The fraction of sp³-hybridized carbons (Fsp3) is 1.00. The van der Waals surface area contributed by atoms with E-state index in [1.54, 1.807) is 0 Å². The molecule has 2 aliphatic heterocycles. The Balaban J connectivity index is 2.09. The van der Waals surface area contributed by atoms with Gasteiger partial charge in [0.05, 0.1) is 18.3 Å². The predicted octanol–water partition coefficient (Wildman–Crippen LogP) is -0.225. The highest BCUT2D eigenvalue weighted by Gasteiger charge is 2.53. The number of hydrogen-bond acceptors (Lipinski definition) is 5. The van der Waals surface area contributed by atoms with Crippen molar-refractivity contribution in [3.05, 3.63) is 0 Å².